The summed E-state index contributed by atoms with van der Waals surface area (Å²) in [7, 11) is 0. The van der Waals surface area contributed by atoms with Crippen LogP contribution in [-0.4, -0.2) is 4.87 Å². The lowest BCUT2D eigenvalue weighted by atomic mass is 10.3. The summed E-state index contributed by atoms with van der Waals surface area (Å²) in [6.07, 6.45) is 5.39. The molecule has 0 radical (unpaired) electrons. The van der Waals surface area contributed by atoms with Gasteiger partial charge in [-0.1, -0.05) is 0 Å². The van der Waals surface area contributed by atoms with Crippen LogP contribution in [0.2, 0.25) is 0 Å². The highest BCUT2D eigenvalue weighted by atomic mass is 35.5. The van der Waals surface area contributed by atoms with Gasteiger partial charge in [-0.05, 0) is 31.6 Å². The van der Waals surface area contributed by atoms with Gasteiger partial charge in [-0.2, -0.15) is 0 Å². The Morgan fingerprint density at radius 3 is 2.00 bits per heavy atom. The van der Waals surface area contributed by atoms with Gasteiger partial charge in [0, 0.05) is 4.87 Å². The van der Waals surface area contributed by atoms with Gasteiger partial charge in [0.2, 0.25) is 0 Å². The molecule has 2 fully saturated rings. The fraction of sp³-hybridized carbons (Fsp3) is 1.00. The standard InChI is InChI=1S/C6H9Cl/c7-6(3-4-6)5-1-2-5/h5H,1-4H2. The fourth-order valence-corrected chi connectivity index (χ4v) is 1.44. The monoisotopic (exact) mass is 116 g/mol. The second kappa shape index (κ2) is 0.997. The van der Waals surface area contributed by atoms with Crippen molar-refractivity contribution in [1.29, 1.82) is 0 Å². The topological polar surface area (TPSA) is 0 Å². The molecule has 2 aliphatic rings. The minimum Gasteiger partial charge on any atom is -0.119 e. The molecular formula is C6H9Cl. The van der Waals surface area contributed by atoms with E-state index in [2.05, 4.69) is 0 Å². The molecule has 0 spiro atoms. The Balaban J connectivity index is 2.04. The van der Waals surface area contributed by atoms with Crippen LogP contribution in [-0.2, 0) is 0 Å². The highest BCUT2D eigenvalue weighted by molar-refractivity contribution is 6.26. The zero-order valence-corrected chi connectivity index (χ0v) is 5.04. The van der Waals surface area contributed by atoms with E-state index in [-0.39, 0.29) is 0 Å². The predicted octanol–water partition coefficient (Wildman–Crippen LogP) is 2.17. The maximum Gasteiger partial charge on any atom is 0.0476 e. The van der Waals surface area contributed by atoms with Crippen LogP contribution in [0, 0.1) is 5.92 Å². The van der Waals surface area contributed by atoms with E-state index in [0.717, 1.165) is 5.92 Å². The van der Waals surface area contributed by atoms with Gasteiger partial charge in [0.15, 0.2) is 0 Å². The zero-order valence-electron chi connectivity index (χ0n) is 4.28. The molecule has 0 aromatic heterocycles. The van der Waals surface area contributed by atoms with Crippen molar-refractivity contribution >= 4 is 11.6 Å². The molecule has 0 aliphatic heterocycles. The first kappa shape index (κ1) is 4.20. The molecule has 0 bridgehead atoms. The number of halogens is 1. The number of rotatable bonds is 1. The van der Waals surface area contributed by atoms with Gasteiger partial charge < -0.3 is 0 Å². The van der Waals surface area contributed by atoms with Gasteiger partial charge in [0.25, 0.3) is 0 Å². The third-order valence-electron chi connectivity index (χ3n) is 2.04. The summed E-state index contributed by atoms with van der Waals surface area (Å²) in [6, 6.07) is 0. The van der Waals surface area contributed by atoms with E-state index in [1.165, 1.54) is 25.7 Å². The zero-order chi connectivity index (χ0) is 4.91. The minimum atomic E-state index is 0.333. The lowest BCUT2D eigenvalue weighted by Gasteiger charge is -1.97. The Morgan fingerprint density at radius 1 is 1.29 bits per heavy atom. The highest BCUT2D eigenvalue weighted by Gasteiger charge is 2.52. The molecular weight excluding hydrogens is 108 g/mol. The van der Waals surface area contributed by atoms with E-state index in [1.807, 2.05) is 0 Å². The fourth-order valence-electron chi connectivity index (χ4n) is 1.13. The first-order chi connectivity index (χ1) is 3.31. The predicted molar refractivity (Wildman–Crippen MR) is 30.5 cm³/mol. The third kappa shape index (κ3) is 0.567. The maximum absolute atomic E-state index is 6.04. The van der Waals surface area contributed by atoms with Crippen LogP contribution in [0.5, 0.6) is 0 Å². The number of alkyl halides is 1. The van der Waals surface area contributed by atoms with Gasteiger partial charge in [-0.25, -0.2) is 0 Å². The second-order valence-electron chi connectivity index (χ2n) is 2.81. The molecule has 0 nitrogen and oxygen atoms in total. The number of hydrogen-bond acceptors (Lipinski definition) is 0. The molecule has 0 amide bonds. The van der Waals surface area contributed by atoms with Crippen molar-refractivity contribution in [3.8, 4) is 0 Å². The smallest absolute Gasteiger partial charge is 0.0476 e. The summed E-state index contributed by atoms with van der Waals surface area (Å²) in [5, 5.41) is 0. The van der Waals surface area contributed by atoms with Crippen molar-refractivity contribution in [2.24, 2.45) is 5.92 Å². The molecule has 40 valence electrons. The maximum atomic E-state index is 6.04. The molecule has 0 aromatic carbocycles. The first-order valence-electron chi connectivity index (χ1n) is 3.00. The summed E-state index contributed by atoms with van der Waals surface area (Å²) in [5.41, 5.74) is 0. The molecule has 2 rings (SSSR count). The molecule has 2 aliphatic carbocycles. The summed E-state index contributed by atoms with van der Waals surface area (Å²) in [4.78, 5) is 0.333. The molecule has 0 unspecified atom stereocenters. The van der Waals surface area contributed by atoms with Crippen molar-refractivity contribution in [2.45, 2.75) is 30.6 Å². The Morgan fingerprint density at radius 2 is 1.86 bits per heavy atom. The van der Waals surface area contributed by atoms with E-state index in [4.69, 9.17) is 11.6 Å². The molecule has 1 heteroatoms. The van der Waals surface area contributed by atoms with Gasteiger partial charge >= 0.3 is 0 Å². The molecule has 0 heterocycles. The van der Waals surface area contributed by atoms with E-state index >= 15 is 0 Å². The average Bonchev–Trinajstić information content (AvgIpc) is 2.14. The summed E-state index contributed by atoms with van der Waals surface area (Å²) in [6.45, 7) is 0. The van der Waals surface area contributed by atoms with Crippen LogP contribution in [0.3, 0.4) is 0 Å². The van der Waals surface area contributed by atoms with Gasteiger partial charge in [0.1, 0.15) is 0 Å². The first-order valence-corrected chi connectivity index (χ1v) is 3.38. The van der Waals surface area contributed by atoms with Gasteiger partial charge in [-0.15, -0.1) is 11.6 Å². The summed E-state index contributed by atoms with van der Waals surface area (Å²) >= 11 is 6.04. The Bertz CT molecular complexity index is 90.4. The number of hydrogen-bond donors (Lipinski definition) is 0. The van der Waals surface area contributed by atoms with Gasteiger partial charge in [-0.3, -0.25) is 0 Å². The van der Waals surface area contributed by atoms with Crippen LogP contribution < -0.4 is 0 Å². The molecule has 0 aromatic rings. The molecule has 0 saturated heterocycles. The van der Waals surface area contributed by atoms with Crippen molar-refractivity contribution in [3.05, 3.63) is 0 Å². The van der Waals surface area contributed by atoms with E-state index < -0.39 is 0 Å². The highest BCUT2D eigenvalue weighted by Crippen LogP contribution is 2.58. The van der Waals surface area contributed by atoms with E-state index in [9.17, 15) is 0 Å². The van der Waals surface area contributed by atoms with Crippen molar-refractivity contribution in [3.63, 3.8) is 0 Å². The van der Waals surface area contributed by atoms with Crippen LogP contribution >= 0.6 is 11.6 Å². The Labute approximate surface area is 48.9 Å². The van der Waals surface area contributed by atoms with Crippen LogP contribution in [0.4, 0.5) is 0 Å². The van der Waals surface area contributed by atoms with Crippen molar-refractivity contribution in [2.75, 3.05) is 0 Å². The quantitative estimate of drug-likeness (QED) is 0.461. The minimum absolute atomic E-state index is 0.333. The van der Waals surface area contributed by atoms with E-state index in [1.54, 1.807) is 0 Å². The van der Waals surface area contributed by atoms with Crippen molar-refractivity contribution < 1.29 is 0 Å². The van der Waals surface area contributed by atoms with Gasteiger partial charge in [0.05, 0.1) is 0 Å². The van der Waals surface area contributed by atoms with Crippen molar-refractivity contribution in [1.82, 2.24) is 0 Å². The molecule has 2 saturated carbocycles. The van der Waals surface area contributed by atoms with Crippen LogP contribution in [0.15, 0.2) is 0 Å². The van der Waals surface area contributed by atoms with E-state index in [0.29, 0.717) is 4.87 Å². The Kier molecular flexibility index (Phi) is 0.597. The summed E-state index contributed by atoms with van der Waals surface area (Å²) in [5.74, 6) is 0.925. The van der Waals surface area contributed by atoms with Crippen LogP contribution in [0.1, 0.15) is 25.7 Å². The average molecular weight is 117 g/mol. The lowest BCUT2D eigenvalue weighted by Crippen LogP contribution is -1.97. The molecule has 0 N–H and O–H groups in total. The normalized spacial score (nSPS) is 35.6. The lowest BCUT2D eigenvalue weighted by molar-refractivity contribution is 0.756. The Hall–Kier alpha value is 0.290. The largest absolute Gasteiger partial charge is 0.119 e. The summed E-state index contributed by atoms with van der Waals surface area (Å²) < 4.78 is 0. The molecule has 7 heavy (non-hydrogen) atoms. The van der Waals surface area contributed by atoms with Crippen LogP contribution in [0.25, 0.3) is 0 Å². The third-order valence-corrected chi connectivity index (χ3v) is 2.72. The SMILES string of the molecule is ClC1(C2CC2)CC1. The molecule has 0 atom stereocenters. The second-order valence-corrected chi connectivity index (χ2v) is 3.56.